The molecular formula is C11H14N2OS2. The lowest BCUT2D eigenvalue weighted by Gasteiger charge is -2.36. The molecule has 0 saturated carbocycles. The summed E-state index contributed by atoms with van der Waals surface area (Å²) in [7, 11) is 0. The van der Waals surface area contributed by atoms with Gasteiger partial charge in [-0.15, -0.1) is 0 Å². The average Bonchev–Trinajstić information content (AvgIpc) is 2.57. The van der Waals surface area contributed by atoms with Crippen molar-refractivity contribution in [3.8, 4) is 0 Å². The first kappa shape index (κ1) is 11.8. The fourth-order valence-corrected chi connectivity index (χ4v) is 3.27. The summed E-state index contributed by atoms with van der Waals surface area (Å²) in [6.07, 6.45) is 1.71. The van der Waals surface area contributed by atoms with Gasteiger partial charge in [0.1, 0.15) is 10.1 Å². The van der Waals surface area contributed by atoms with E-state index in [2.05, 4.69) is 4.98 Å². The van der Waals surface area contributed by atoms with Crippen molar-refractivity contribution in [3.05, 3.63) is 24.4 Å². The van der Waals surface area contributed by atoms with E-state index < -0.39 is 5.72 Å². The second kappa shape index (κ2) is 4.31. The number of thioether (sulfide) groups is 1. The molecule has 3 nitrogen and oxygen atoms in total. The highest BCUT2D eigenvalue weighted by Gasteiger charge is 2.46. The van der Waals surface area contributed by atoms with E-state index in [1.54, 1.807) is 11.1 Å². The molecule has 0 aromatic carbocycles. The second-order valence-electron chi connectivity index (χ2n) is 4.11. The first-order valence-electron chi connectivity index (χ1n) is 5.16. The van der Waals surface area contributed by atoms with Gasteiger partial charge in [0.2, 0.25) is 0 Å². The molecule has 0 amide bonds. The van der Waals surface area contributed by atoms with Crippen molar-refractivity contribution in [3.63, 3.8) is 0 Å². The number of hydrogen-bond donors (Lipinski definition) is 1. The van der Waals surface area contributed by atoms with Gasteiger partial charge >= 0.3 is 0 Å². The van der Waals surface area contributed by atoms with Crippen molar-refractivity contribution >= 4 is 34.1 Å². The lowest BCUT2D eigenvalue weighted by molar-refractivity contribution is 0.0312. The van der Waals surface area contributed by atoms with Crippen LogP contribution in [0.15, 0.2) is 24.4 Å². The van der Waals surface area contributed by atoms with Crippen molar-refractivity contribution in [2.75, 3.05) is 10.7 Å². The predicted molar refractivity (Wildman–Crippen MR) is 71.6 cm³/mol. The Balaban J connectivity index is 2.41. The molecule has 0 radical (unpaired) electrons. The summed E-state index contributed by atoms with van der Waals surface area (Å²) in [5.41, 5.74) is -0.921. The summed E-state index contributed by atoms with van der Waals surface area (Å²) in [5, 5.41) is 10.6. The molecule has 1 aliphatic rings. The van der Waals surface area contributed by atoms with Crippen LogP contribution >= 0.6 is 24.0 Å². The van der Waals surface area contributed by atoms with Crippen LogP contribution < -0.4 is 4.90 Å². The fourth-order valence-electron chi connectivity index (χ4n) is 1.66. The Morgan fingerprint density at radius 1 is 1.56 bits per heavy atom. The monoisotopic (exact) mass is 254 g/mol. The molecule has 1 saturated heterocycles. The Morgan fingerprint density at radius 2 is 2.31 bits per heavy atom. The van der Waals surface area contributed by atoms with Crippen molar-refractivity contribution in [2.24, 2.45) is 5.92 Å². The van der Waals surface area contributed by atoms with Gasteiger partial charge in [0.25, 0.3) is 0 Å². The molecule has 1 atom stereocenters. The van der Waals surface area contributed by atoms with Gasteiger partial charge in [0, 0.05) is 17.9 Å². The van der Waals surface area contributed by atoms with E-state index in [-0.39, 0.29) is 5.92 Å². The van der Waals surface area contributed by atoms with Crippen LogP contribution in [0.4, 0.5) is 5.82 Å². The first-order valence-corrected chi connectivity index (χ1v) is 6.55. The summed E-state index contributed by atoms with van der Waals surface area (Å²) >= 11 is 6.78. The zero-order valence-electron chi connectivity index (χ0n) is 9.25. The number of aliphatic hydroxyl groups is 1. The molecule has 1 aliphatic heterocycles. The zero-order valence-corrected chi connectivity index (χ0v) is 10.9. The van der Waals surface area contributed by atoms with Gasteiger partial charge in [0.15, 0.2) is 5.72 Å². The molecule has 5 heteroatoms. The van der Waals surface area contributed by atoms with Gasteiger partial charge in [-0.05, 0) is 12.1 Å². The minimum atomic E-state index is -0.921. The summed E-state index contributed by atoms with van der Waals surface area (Å²) < 4.78 is 0.690. The fraction of sp³-hybridized carbons (Fsp3) is 0.455. The van der Waals surface area contributed by atoms with Gasteiger partial charge in [-0.25, -0.2) is 4.98 Å². The van der Waals surface area contributed by atoms with Crippen LogP contribution in [0, 0.1) is 5.92 Å². The number of nitrogens with zero attached hydrogens (tertiary/aromatic N) is 2. The van der Waals surface area contributed by atoms with Gasteiger partial charge in [-0.3, -0.25) is 4.90 Å². The molecule has 2 rings (SSSR count). The SMILES string of the molecule is CC(C)C1(O)CSC(=S)N1c1ccccn1. The van der Waals surface area contributed by atoms with E-state index in [0.717, 1.165) is 0 Å². The molecule has 0 bridgehead atoms. The summed E-state index contributed by atoms with van der Waals surface area (Å²) in [6, 6.07) is 5.62. The Kier molecular flexibility index (Phi) is 3.19. The topological polar surface area (TPSA) is 36.4 Å². The van der Waals surface area contributed by atoms with E-state index in [0.29, 0.717) is 15.9 Å². The average molecular weight is 254 g/mol. The molecule has 2 heterocycles. The molecular weight excluding hydrogens is 240 g/mol. The summed E-state index contributed by atoms with van der Waals surface area (Å²) in [5.74, 6) is 1.41. The first-order chi connectivity index (χ1) is 7.55. The van der Waals surface area contributed by atoms with Gasteiger partial charge in [-0.2, -0.15) is 0 Å². The van der Waals surface area contributed by atoms with E-state index in [1.165, 1.54) is 11.8 Å². The largest absolute Gasteiger partial charge is 0.369 e. The third-order valence-corrected chi connectivity index (χ3v) is 4.32. The third kappa shape index (κ3) is 1.83. The predicted octanol–water partition coefficient (Wildman–Crippen LogP) is 2.26. The van der Waals surface area contributed by atoms with Gasteiger partial charge in [-0.1, -0.05) is 43.9 Å². The van der Waals surface area contributed by atoms with E-state index in [1.807, 2.05) is 32.0 Å². The smallest absolute Gasteiger partial charge is 0.156 e. The van der Waals surface area contributed by atoms with Crippen LogP contribution in [0.1, 0.15) is 13.8 Å². The Labute approximate surface area is 105 Å². The number of aromatic nitrogens is 1. The standard InChI is InChI=1S/C11H14N2OS2/c1-8(2)11(14)7-16-10(15)13(11)9-5-3-4-6-12-9/h3-6,8,14H,7H2,1-2H3. The van der Waals surface area contributed by atoms with Crippen molar-refractivity contribution in [2.45, 2.75) is 19.6 Å². The van der Waals surface area contributed by atoms with Crippen LogP contribution in [0.3, 0.4) is 0 Å². The van der Waals surface area contributed by atoms with Crippen molar-refractivity contribution in [1.29, 1.82) is 0 Å². The molecule has 16 heavy (non-hydrogen) atoms. The van der Waals surface area contributed by atoms with E-state index in [4.69, 9.17) is 12.2 Å². The van der Waals surface area contributed by atoms with Crippen LogP contribution in [0.25, 0.3) is 0 Å². The third-order valence-electron chi connectivity index (χ3n) is 2.78. The quantitative estimate of drug-likeness (QED) is 0.819. The van der Waals surface area contributed by atoms with Crippen LogP contribution in [-0.2, 0) is 0 Å². The van der Waals surface area contributed by atoms with E-state index >= 15 is 0 Å². The maximum atomic E-state index is 10.6. The number of rotatable bonds is 2. The van der Waals surface area contributed by atoms with Crippen LogP contribution in [-0.4, -0.2) is 25.9 Å². The van der Waals surface area contributed by atoms with Crippen LogP contribution in [0.5, 0.6) is 0 Å². The Morgan fingerprint density at radius 3 is 2.88 bits per heavy atom. The molecule has 0 aliphatic carbocycles. The highest BCUT2D eigenvalue weighted by molar-refractivity contribution is 8.23. The molecule has 0 spiro atoms. The maximum Gasteiger partial charge on any atom is 0.156 e. The normalized spacial score (nSPS) is 25.5. The lowest BCUT2D eigenvalue weighted by Crippen LogP contribution is -2.51. The Hall–Kier alpha value is -0.650. The minimum absolute atomic E-state index is 0.0995. The van der Waals surface area contributed by atoms with Gasteiger partial charge < -0.3 is 5.11 Å². The summed E-state index contributed by atoms with van der Waals surface area (Å²) in [6.45, 7) is 3.98. The van der Waals surface area contributed by atoms with E-state index in [9.17, 15) is 5.11 Å². The minimum Gasteiger partial charge on any atom is -0.369 e. The summed E-state index contributed by atoms with van der Waals surface area (Å²) in [4.78, 5) is 6.02. The van der Waals surface area contributed by atoms with Gasteiger partial charge in [0.05, 0.1) is 0 Å². The van der Waals surface area contributed by atoms with Crippen LogP contribution in [0.2, 0.25) is 0 Å². The molecule has 1 aromatic rings. The molecule has 1 fully saturated rings. The van der Waals surface area contributed by atoms with Crippen molar-refractivity contribution < 1.29 is 5.11 Å². The number of anilines is 1. The Bertz CT molecular complexity index is 396. The highest BCUT2D eigenvalue weighted by atomic mass is 32.2. The second-order valence-corrected chi connectivity index (χ2v) is 5.72. The molecule has 1 unspecified atom stereocenters. The highest BCUT2D eigenvalue weighted by Crippen LogP contribution is 2.39. The van der Waals surface area contributed by atoms with Crippen molar-refractivity contribution in [1.82, 2.24) is 4.98 Å². The molecule has 86 valence electrons. The number of thiocarbonyl (C=S) groups is 1. The zero-order chi connectivity index (χ0) is 11.8. The number of hydrogen-bond acceptors (Lipinski definition) is 4. The number of pyridine rings is 1. The lowest BCUT2D eigenvalue weighted by atomic mass is 10.0. The molecule has 1 N–H and O–H groups in total. The maximum absolute atomic E-state index is 10.6. The molecule has 1 aromatic heterocycles.